The zero-order valence-corrected chi connectivity index (χ0v) is 53.6. The largest absolute Gasteiger partial charge is 0.311 e. The van der Waals surface area contributed by atoms with Crippen LogP contribution in [0, 0.1) is 0 Å². The van der Waals surface area contributed by atoms with Gasteiger partial charge in [-0.05, 0) is 136 Å². The van der Waals surface area contributed by atoms with E-state index in [1.807, 2.05) is 54.8 Å². The van der Waals surface area contributed by atoms with Crippen LogP contribution in [0.2, 0.25) is 0 Å². The summed E-state index contributed by atoms with van der Waals surface area (Å²) in [7, 11) is 0. The molecule has 19 aromatic rings. The first-order valence-electron chi connectivity index (χ1n) is 48.6. The lowest BCUT2D eigenvalue weighted by atomic mass is 9.33. The minimum Gasteiger partial charge on any atom is -0.311 e. The predicted octanol–water partition coefficient (Wildman–Crippen LogP) is 22.8. The van der Waals surface area contributed by atoms with Gasteiger partial charge >= 0.3 is 0 Å². The summed E-state index contributed by atoms with van der Waals surface area (Å²) in [5.74, 6) is 0. The molecule has 15 aromatic carbocycles. The molecule has 7 heteroatoms. The van der Waals surface area contributed by atoms with Gasteiger partial charge < -0.3 is 28.1 Å². The second-order valence-electron chi connectivity index (χ2n) is 26.0. The third kappa shape index (κ3) is 8.35. The maximum atomic E-state index is 9.82. The van der Waals surface area contributed by atoms with Gasteiger partial charge in [0.2, 0.25) is 0 Å². The zero-order valence-electron chi connectivity index (χ0n) is 85.6. The van der Waals surface area contributed by atoms with Gasteiger partial charge in [-0.2, -0.15) is 0 Å². The molecule has 101 heavy (non-hydrogen) atoms. The van der Waals surface area contributed by atoms with Gasteiger partial charge in [0.1, 0.15) is 0 Å². The Morgan fingerprint density at radius 1 is 0.257 bits per heavy atom. The van der Waals surface area contributed by atoms with Crippen LogP contribution in [-0.2, 0) is 5.41 Å². The number of hydrogen-bond acceptors (Lipinski definition) is 2. The van der Waals surface area contributed by atoms with Crippen molar-refractivity contribution in [3.8, 4) is 45.0 Å². The van der Waals surface area contributed by atoms with E-state index >= 15 is 0 Å². The lowest BCUT2D eigenvalue weighted by molar-refractivity contribution is 0.590. The minimum absolute atomic E-state index is 0.0939. The normalized spacial score (nSPS) is 17.3. The summed E-state index contributed by atoms with van der Waals surface area (Å²) in [6.45, 7) is 4.89. The van der Waals surface area contributed by atoms with Crippen molar-refractivity contribution in [1.29, 1.82) is 0 Å². The van der Waals surface area contributed by atoms with Gasteiger partial charge in [-0.25, -0.2) is 0 Å². The molecular weight excluding hydrogens is 1220 g/mol. The Morgan fingerprint density at radius 2 is 0.515 bits per heavy atom. The van der Waals surface area contributed by atoms with Crippen LogP contribution in [-0.4, -0.2) is 25.0 Å². The standard InChI is InChI=1S/C94H65BN6/c1-94(2,3)60-56-91-93-92(57-60)101(88-51-27-15-39-74(88)72-37-13-25-49-86(72)99-83-46-22-10-34-69(83)70-35-11-23-47-84(70)99)90-59-62(97-79-42-18-6-30-65(79)66-31-7-19-43-80(66)97)53-55-76(90)95(93)75-54-52-61(96-77-40-16-4-28-63(77)64-29-5-17-41-78(64)96)58-89(75)100(91)87-50-26-14-38-73(87)71-36-12-24-48-85(71)98-81-44-20-8-32-67(81)68-33-9-21-45-82(68)98/h4-59H,1-3H3/i4D,5D,6D,7D,8D,9D,10D,11D,16D,17D,18D,19D,20D,21D,22D,23D,28D,29D,30D,31D,32D,33D,34D,35D,40D,41D,42D,43D,44D,45D,46D,47D. The van der Waals surface area contributed by atoms with E-state index in [2.05, 4.69) is 0 Å². The predicted molar refractivity (Wildman–Crippen MR) is 427 cm³/mol. The molecule has 0 atom stereocenters. The molecule has 21 rings (SSSR count). The highest BCUT2D eigenvalue weighted by molar-refractivity contribution is 7.00. The second-order valence-corrected chi connectivity index (χ2v) is 26.0. The van der Waals surface area contributed by atoms with Crippen molar-refractivity contribution >= 4 is 144 Å². The number of rotatable bonds is 8. The lowest BCUT2D eigenvalue weighted by Crippen LogP contribution is -2.61. The third-order valence-electron chi connectivity index (χ3n) is 19.7. The molecular formula is C94H65BN6. The fraction of sp³-hybridized carbons (Fsp3) is 0.0426. The highest BCUT2D eigenvalue weighted by atomic mass is 15.2. The first kappa shape index (κ1) is 34.1. The topological polar surface area (TPSA) is 26.2 Å². The maximum absolute atomic E-state index is 9.82. The van der Waals surface area contributed by atoms with Gasteiger partial charge in [0.15, 0.2) is 0 Å². The number of fused-ring (bicyclic) bond motifs is 16. The smallest absolute Gasteiger partial charge is 0.252 e. The molecule has 0 unspecified atom stereocenters. The average molecular weight is 1320 g/mol. The molecule has 0 spiro atoms. The van der Waals surface area contributed by atoms with Crippen molar-refractivity contribution in [3.05, 3.63) is 345 Å². The van der Waals surface area contributed by atoms with Gasteiger partial charge in [-0.1, -0.05) is 251 Å². The maximum Gasteiger partial charge on any atom is 0.252 e. The van der Waals surface area contributed by atoms with E-state index in [1.54, 1.807) is 121 Å². The molecule has 0 bridgehead atoms. The van der Waals surface area contributed by atoms with Crippen LogP contribution in [0.5, 0.6) is 0 Å². The van der Waals surface area contributed by atoms with E-state index in [9.17, 15) is 32.9 Å². The molecule has 0 amide bonds. The van der Waals surface area contributed by atoms with Crippen molar-refractivity contribution in [2.24, 2.45) is 0 Å². The summed E-state index contributed by atoms with van der Waals surface area (Å²) in [4.78, 5) is 3.92. The number of anilines is 6. The van der Waals surface area contributed by atoms with Crippen molar-refractivity contribution in [1.82, 2.24) is 18.3 Å². The van der Waals surface area contributed by atoms with Crippen molar-refractivity contribution < 1.29 is 43.9 Å². The van der Waals surface area contributed by atoms with Crippen LogP contribution in [0.25, 0.3) is 132 Å². The quantitative estimate of drug-likeness (QED) is 0.142. The highest BCUT2D eigenvalue weighted by Crippen LogP contribution is 2.52. The van der Waals surface area contributed by atoms with Crippen LogP contribution in [0.3, 0.4) is 0 Å². The fourth-order valence-corrected chi connectivity index (χ4v) is 15.5. The SMILES string of the molecule is [2H]c1c([2H])c([2H])c2c(c1[2H])c1c([2H])c([2H])c([2H])c([2H])c1n2-c1ccc2c(c1)N(c1ccccc1-c1ccccc1-n1c3c([2H])c([2H])c([2H])c([2H])c3c3c([2H])c([2H])c([2H])c([2H])c31)c1cc(C(C)(C)C)cc3c1B2c1ccc(-n2c4c([2H])c([2H])c([2H])c([2H])c4c4c([2H])c([2H])c([2H])c([2H])c42)cc1N3c1ccccc1-c1ccccc1-n1c2c([2H])c([2H])c([2H])c([2H])c2c2c([2H])c([2H])c([2H])c([2H])c21. The molecule has 0 N–H and O–H groups in total. The number of benzene rings is 15. The van der Waals surface area contributed by atoms with Crippen molar-refractivity contribution in [3.63, 3.8) is 0 Å². The van der Waals surface area contributed by atoms with Crippen molar-refractivity contribution in [2.45, 2.75) is 26.2 Å². The summed E-state index contributed by atoms with van der Waals surface area (Å²) < 4.78 is 306. The Bertz CT molecular complexity index is 7910. The molecule has 0 fully saturated rings. The van der Waals surface area contributed by atoms with Gasteiger partial charge in [-0.3, -0.25) is 0 Å². The molecule has 6 heterocycles. The summed E-state index contributed by atoms with van der Waals surface area (Å²) in [5, 5.41) is -1.66. The molecule has 6 nitrogen and oxygen atoms in total. The molecule has 0 radical (unpaired) electrons. The first-order chi connectivity index (χ1) is 63.1. The van der Waals surface area contributed by atoms with Crippen LogP contribution in [0.4, 0.5) is 34.1 Å². The Labute approximate surface area is 630 Å². The van der Waals surface area contributed by atoms with Crippen LogP contribution >= 0.6 is 0 Å². The zero-order chi connectivity index (χ0) is 94.6. The summed E-state index contributed by atoms with van der Waals surface area (Å²) in [6.07, 6.45) is 0. The van der Waals surface area contributed by atoms with Crippen molar-refractivity contribution in [2.75, 3.05) is 9.80 Å². The van der Waals surface area contributed by atoms with E-state index < -0.39 is 205 Å². The summed E-state index contributed by atoms with van der Waals surface area (Å²) >= 11 is 0. The van der Waals surface area contributed by atoms with E-state index in [4.69, 9.17) is 11.0 Å². The number of para-hydroxylation sites is 12. The number of hydrogen-bond donors (Lipinski definition) is 0. The van der Waals surface area contributed by atoms with E-state index in [0.717, 1.165) is 0 Å². The molecule has 474 valence electrons. The first-order valence-corrected chi connectivity index (χ1v) is 32.6. The van der Waals surface area contributed by atoms with Gasteiger partial charge in [0.05, 0.1) is 111 Å². The Morgan fingerprint density at radius 3 is 0.812 bits per heavy atom. The molecule has 0 saturated heterocycles. The Balaban J connectivity index is 0.933. The van der Waals surface area contributed by atoms with Crippen LogP contribution in [0.1, 0.15) is 70.2 Å². The minimum atomic E-state index is -1.05. The lowest BCUT2D eigenvalue weighted by Gasteiger charge is -2.46. The number of nitrogens with zero attached hydrogens (tertiary/aromatic N) is 6. The van der Waals surface area contributed by atoms with Crippen LogP contribution < -0.4 is 26.2 Å². The molecule has 0 saturated carbocycles. The van der Waals surface area contributed by atoms with Gasteiger partial charge in [0, 0.05) is 99.5 Å². The van der Waals surface area contributed by atoms with Crippen LogP contribution in [0.15, 0.2) is 339 Å². The molecule has 2 aliphatic rings. The summed E-state index contributed by atoms with van der Waals surface area (Å²) in [6, 6.07) is 21.9. The second kappa shape index (κ2) is 21.8. The summed E-state index contributed by atoms with van der Waals surface area (Å²) in [5.41, 5.74) is 3.48. The molecule has 4 aromatic heterocycles. The van der Waals surface area contributed by atoms with E-state index in [-0.39, 0.29) is 110 Å². The molecule has 2 aliphatic heterocycles. The van der Waals surface area contributed by atoms with Gasteiger partial charge in [0.25, 0.3) is 6.71 Å². The monoisotopic (exact) mass is 1320 g/mol. The molecule has 0 aliphatic carbocycles. The highest BCUT2D eigenvalue weighted by Gasteiger charge is 2.46. The Kier molecular flexibility index (Phi) is 7.37. The van der Waals surface area contributed by atoms with Gasteiger partial charge in [-0.15, -0.1) is 0 Å². The fourth-order valence-electron chi connectivity index (χ4n) is 15.5. The third-order valence-corrected chi connectivity index (χ3v) is 19.7. The van der Waals surface area contributed by atoms with E-state index in [0.29, 0.717) is 78.3 Å². The number of aromatic nitrogens is 4. The average Bonchev–Trinajstić information content (AvgIpc) is 1.67. The van der Waals surface area contributed by atoms with E-state index in [1.165, 1.54) is 18.3 Å². The Hall–Kier alpha value is -12.8.